The van der Waals surface area contributed by atoms with E-state index in [1.807, 2.05) is 29.2 Å². The number of anilines is 2. The second kappa shape index (κ2) is 11.1. The number of hydrogen-bond acceptors (Lipinski definition) is 4. The number of amides is 2. The van der Waals surface area contributed by atoms with Gasteiger partial charge in [-0.3, -0.25) is 9.59 Å². The van der Waals surface area contributed by atoms with E-state index >= 15 is 0 Å². The molecule has 1 aliphatic rings. The molecule has 9 heteroatoms. The minimum Gasteiger partial charge on any atom is -0.478 e. The lowest BCUT2D eigenvalue weighted by Gasteiger charge is -2.36. The van der Waals surface area contributed by atoms with Crippen LogP contribution in [0.2, 0.25) is 10.0 Å². The average molecular weight is 591 g/mol. The summed E-state index contributed by atoms with van der Waals surface area (Å²) in [6, 6.07) is 19.7. The van der Waals surface area contributed by atoms with Crippen molar-refractivity contribution in [2.45, 2.75) is 19.4 Å². The maximum atomic E-state index is 12.9. The van der Waals surface area contributed by atoms with Gasteiger partial charge in [-0.15, -0.1) is 0 Å². The fraction of sp³-hybridized carbons (Fsp3) is 0.259. The molecule has 3 aromatic carbocycles. The minimum atomic E-state index is -1.09. The van der Waals surface area contributed by atoms with Gasteiger partial charge in [-0.1, -0.05) is 39.1 Å². The number of nitrogens with one attached hydrogen (secondary N) is 1. The van der Waals surface area contributed by atoms with E-state index in [-0.39, 0.29) is 11.8 Å². The summed E-state index contributed by atoms with van der Waals surface area (Å²) in [6.07, 6.45) is 0. The molecule has 0 aromatic heterocycles. The first kappa shape index (κ1) is 26.3. The van der Waals surface area contributed by atoms with Gasteiger partial charge < -0.3 is 19.9 Å². The number of carbonyl (C=O) groups excluding carboxylic acids is 2. The predicted molar refractivity (Wildman–Crippen MR) is 148 cm³/mol. The Labute approximate surface area is 229 Å². The maximum absolute atomic E-state index is 12.9. The summed E-state index contributed by atoms with van der Waals surface area (Å²) >= 11 is 15.9. The Morgan fingerprint density at radius 1 is 0.917 bits per heavy atom. The summed E-state index contributed by atoms with van der Waals surface area (Å²) in [7, 11) is 0. The van der Waals surface area contributed by atoms with Crippen molar-refractivity contribution >= 4 is 62.3 Å². The van der Waals surface area contributed by atoms with Crippen LogP contribution in [0.5, 0.6) is 5.75 Å². The Morgan fingerprint density at radius 2 is 1.56 bits per heavy atom. The highest BCUT2D eigenvalue weighted by molar-refractivity contribution is 9.10. The summed E-state index contributed by atoms with van der Waals surface area (Å²) in [4.78, 5) is 29.6. The fourth-order valence-corrected chi connectivity index (χ4v) is 4.58. The van der Waals surface area contributed by atoms with Crippen LogP contribution in [0.4, 0.5) is 11.4 Å². The van der Waals surface area contributed by atoms with Crippen LogP contribution in [-0.2, 0) is 4.79 Å². The lowest BCUT2D eigenvalue weighted by molar-refractivity contribution is -0.128. The first-order chi connectivity index (χ1) is 17.1. The van der Waals surface area contributed by atoms with E-state index in [9.17, 15) is 9.59 Å². The highest BCUT2D eigenvalue weighted by Gasteiger charge is 2.30. The monoisotopic (exact) mass is 589 g/mol. The van der Waals surface area contributed by atoms with E-state index in [1.165, 1.54) is 0 Å². The topological polar surface area (TPSA) is 61.9 Å². The second-order valence-electron chi connectivity index (χ2n) is 8.97. The molecule has 1 aliphatic heterocycles. The van der Waals surface area contributed by atoms with E-state index in [4.69, 9.17) is 27.9 Å². The van der Waals surface area contributed by atoms with Gasteiger partial charge in [0.1, 0.15) is 5.75 Å². The van der Waals surface area contributed by atoms with Gasteiger partial charge in [-0.25, -0.2) is 0 Å². The third-order valence-corrected chi connectivity index (χ3v) is 7.02. The van der Waals surface area contributed by atoms with Crippen molar-refractivity contribution < 1.29 is 14.3 Å². The Bertz CT molecular complexity index is 1240. The second-order valence-corrected chi connectivity index (χ2v) is 10.7. The standard InChI is InChI=1S/C27H26BrCl2N3O3/c1-27(2,36-22-10-5-19(28)6-11-22)26(35)31-21-9-12-24(23(30)17-21)32-13-15-33(16-14-32)25(34)18-3-7-20(29)8-4-18/h3-12,17H,13-16H2,1-2H3,(H,31,35). The highest BCUT2D eigenvalue weighted by atomic mass is 79.9. The van der Waals surface area contributed by atoms with E-state index in [0.717, 1.165) is 10.2 Å². The van der Waals surface area contributed by atoms with E-state index in [2.05, 4.69) is 26.1 Å². The van der Waals surface area contributed by atoms with Crippen molar-refractivity contribution in [3.05, 3.63) is 86.8 Å². The molecule has 1 N–H and O–H groups in total. The van der Waals surface area contributed by atoms with E-state index in [0.29, 0.717) is 53.2 Å². The molecule has 6 nitrogen and oxygen atoms in total. The molecule has 1 heterocycles. The van der Waals surface area contributed by atoms with Gasteiger partial charge in [-0.05, 0) is 80.6 Å². The van der Waals surface area contributed by atoms with Crippen LogP contribution < -0.4 is 15.0 Å². The lowest BCUT2D eigenvalue weighted by Crippen LogP contribution is -2.48. The van der Waals surface area contributed by atoms with Crippen LogP contribution in [0, 0.1) is 0 Å². The van der Waals surface area contributed by atoms with E-state index in [1.54, 1.807) is 56.3 Å². The van der Waals surface area contributed by atoms with Crippen molar-refractivity contribution in [1.29, 1.82) is 0 Å². The summed E-state index contributed by atoms with van der Waals surface area (Å²) in [5.74, 6) is 0.299. The summed E-state index contributed by atoms with van der Waals surface area (Å²) < 4.78 is 6.83. The van der Waals surface area contributed by atoms with Crippen LogP contribution in [0.3, 0.4) is 0 Å². The minimum absolute atomic E-state index is 0.0107. The van der Waals surface area contributed by atoms with Gasteiger partial charge in [-0.2, -0.15) is 0 Å². The van der Waals surface area contributed by atoms with E-state index < -0.39 is 5.60 Å². The molecule has 1 fully saturated rings. The number of hydrogen-bond donors (Lipinski definition) is 1. The van der Waals surface area contributed by atoms with Crippen molar-refractivity contribution in [2.24, 2.45) is 0 Å². The Balaban J connectivity index is 1.35. The van der Waals surface area contributed by atoms with Crippen molar-refractivity contribution in [3.63, 3.8) is 0 Å². The Morgan fingerprint density at radius 3 is 2.17 bits per heavy atom. The average Bonchev–Trinajstić information content (AvgIpc) is 2.85. The lowest BCUT2D eigenvalue weighted by atomic mass is 10.1. The fourth-order valence-electron chi connectivity index (χ4n) is 3.89. The van der Waals surface area contributed by atoms with Crippen LogP contribution in [0.1, 0.15) is 24.2 Å². The molecule has 0 saturated carbocycles. The number of carbonyl (C=O) groups is 2. The van der Waals surface area contributed by atoms with Crippen LogP contribution in [-0.4, -0.2) is 48.5 Å². The van der Waals surface area contributed by atoms with Crippen LogP contribution >= 0.6 is 39.1 Å². The zero-order valence-corrected chi connectivity index (χ0v) is 23.0. The van der Waals surface area contributed by atoms with Crippen molar-refractivity contribution in [1.82, 2.24) is 4.90 Å². The number of halogens is 3. The molecule has 36 heavy (non-hydrogen) atoms. The third-order valence-electron chi connectivity index (χ3n) is 5.94. The highest BCUT2D eigenvalue weighted by Crippen LogP contribution is 2.31. The molecular weight excluding hydrogens is 565 g/mol. The number of piperazine rings is 1. The molecule has 188 valence electrons. The molecule has 1 saturated heterocycles. The van der Waals surface area contributed by atoms with Gasteiger partial charge in [0.2, 0.25) is 0 Å². The molecule has 0 aliphatic carbocycles. The van der Waals surface area contributed by atoms with Gasteiger partial charge >= 0.3 is 0 Å². The van der Waals surface area contributed by atoms with Crippen molar-refractivity contribution in [2.75, 3.05) is 36.4 Å². The quantitative estimate of drug-likeness (QED) is 0.355. The zero-order chi connectivity index (χ0) is 25.9. The number of ether oxygens (including phenoxy) is 1. The predicted octanol–water partition coefficient (Wildman–Crippen LogP) is 6.51. The molecule has 0 spiro atoms. The summed E-state index contributed by atoms with van der Waals surface area (Å²) in [6.45, 7) is 5.89. The van der Waals surface area contributed by atoms with Gasteiger partial charge in [0, 0.05) is 46.9 Å². The Hall–Kier alpha value is -2.74. The largest absolute Gasteiger partial charge is 0.478 e. The van der Waals surface area contributed by atoms with Crippen molar-refractivity contribution in [3.8, 4) is 5.75 Å². The smallest absolute Gasteiger partial charge is 0.267 e. The molecule has 4 rings (SSSR count). The Kier molecular flexibility index (Phi) is 8.13. The van der Waals surface area contributed by atoms with Crippen LogP contribution in [0.15, 0.2) is 71.2 Å². The first-order valence-electron chi connectivity index (χ1n) is 11.5. The molecule has 2 amide bonds. The SMILES string of the molecule is CC(C)(Oc1ccc(Br)cc1)C(=O)Nc1ccc(N2CCN(C(=O)c3ccc(Cl)cc3)CC2)c(Cl)c1. The third kappa shape index (κ3) is 6.33. The molecule has 0 bridgehead atoms. The number of rotatable bonds is 6. The van der Waals surface area contributed by atoms with Gasteiger partial charge in [0.15, 0.2) is 5.60 Å². The molecule has 3 aromatic rings. The first-order valence-corrected chi connectivity index (χ1v) is 13.0. The molecule has 0 unspecified atom stereocenters. The maximum Gasteiger partial charge on any atom is 0.267 e. The summed E-state index contributed by atoms with van der Waals surface area (Å²) in [5.41, 5.74) is 0.973. The van der Waals surface area contributed by atoms with Gasteiger partial charge in [0.05, 0.1) is 10.7 Å². The van der Waals surface area contributed by atoms with Gasteiger partial charge in [0.25, 0.3) is 11.8 Å². The number of benzene rings is 3. The zero-order valence-electron chi connectivity index (χ0n) is 19.9. The van der Waals surface area contributed by atoms with Crippen LogP contribution in [0.25, 0.3) is 0 Å². The molecule has 0 atom stereocenters. The molecule has 0 radical (unpaired) electrons. The summed E-state index contributed by atoms with van der Waals surface area (Å²) in [5, 5.41) is 4.02. The normalized spacial score (nSPS) is 13.9. The number of nitrogens with zero attached hydrogens (tertiary/aromatic N) is 2. The molecular formula is C27H26BrCl2N3O3.